The molecule has 2 bridgehead atoms. The molecule has 2 fully saturated rings. The van der Waals surface area contributed by atoms with Gasteiger partial charge in [-0.1, -0.05) is 0 Å². The topological polar surface area (TPSA) is 101 Å². The number of furan rings is 1. The third-order valence-electron chi connectivity index (χ3n) is 6.87. The van der Waals surface area contributed by atoms with Crippen molar-refractivity contribution in [1.29, 1.82) is 0 Å². The smallest absolute Gasteiger partial charge is 0.289 e. The number of hydrogen-bond acceptors (Lipinski definition) is 7. The van der Waals surface area contributed by atoms with Crippen LogP contribution in [0.4, 0.5) is 0 Å². The van der Waals surface area contributed by atoms with E-state index < -0.39 is 0 Å². The number of piperidine rings is 2. The van der Waals surface area contributed by atoms with Gasteiger partial charge in [-0.05, 0) is 57.4 Å². The Labute approximate surface area is 192 Å². The van der Waals surface area contributed by atoms with Gasteiger partial charge in [-0.25, -0.2) is 0 Å². The van der Waals surface area contributed by atoms with Crippen LogP contribution >= 0.6 is 0 Å². The van der Waals surface area contributed by atoms with Gasteiger partial charge in [0.05, 0.1) is 5.69 Å². The molecule has 2 saturated heterocycles. The highest BCUT2D eigenvalue weighted by Crippen LogP contribution is 2.41. The van der Waals surface area contributed by atoms with E-state index in [0.717, 1.165) is 25.7 Å². The number of rotatable bonds is 4. The molecule has 0 saturated carbocycles. The summed E-state index contributed by atoms with van der Waals surface area (Å²) < 4.78 is 11.9. The molecule has 8 nitrogen and oxygen atoms in total. The van der Waals surface area contributed by atoms with Gasteiger partial charge in [-0.15, -0.1) is 10.2 Å². The average molecular weight is 451 g/mol. The molecule has 1 aromatic carbocycles. The zero-order valence-corrected chi connectivity index (χ0v) is 19.5. The summed E-state index contributed by atoms with van der Waals surface area (Å²) in [6.07, 6.45) is 5.52. The maximum Gasteiger partial charge on any atom is 0.289 e. The van der Waals surface area contributed by atoms with Crippen molar-refractivity contribution in [2.24, 2.45) is 0 Å². The standard InChI is InChI=1S/C25H30N4O4/c1-24-8-5-9-25(2,28-24)14-16(13-24)32-22-7-6-18(26-27-22)17-12-20-15(10-19(17)30)11-21(33-20)23(31)29(3)4/h6-7,10-12,16,28,30H,5,8-9,13-14H2,1-4H3/t16-,24-,25+. The normalized spacial score (nSPS) is 26.8. The van der Waals surface area contributed by atoms with Crippen LogP contribution in [0.25, 0.3) is 22.2 Å². The van der Waals surface area contributed by atoms with Crippen LogP contribution in [0.5, 0.6) is 11.6 Å². The number of nitrogens with one attached hydrogen (secondary N) is 1. The van der Waals surface area contributed by atoms with E-state index in [2.05, 4.69) is 29.4 Å². The van der Waals surface area contributed by atoms with E-state index >= 15 is 0 Å². The van der Waals surface area contributed by atoms with E-state index in [-0.39, 0.29) is 34.6 Å². The van der Waals surface area contributed by atoms with Gasteiger partial charge < -0.3 is 24.5 Å². The van der Waals surface area contributed by atoms with Crippen molar-refractivity contribution in [3.63, 3.8) is 0 Å². The van der Waals surface area contributed by atoms with Crippen molar-refractivity contribution in [2.45, 2.75) is 63.1 Å². The molecule has 0 radical (unpaired) electrons. The fourth-order valence-electron chi connectivity index (χ4n) is 5.49. The van der Waals surface area contributed by atoms with Gasteiger partial charge in [0, 0.05) is 55.0 Å². The lowest BCUT2D eigenvalue weighted by Crippen LogP contribution is -2.65. The monoisotopic (exact) mass is 450 g/mol. The molecule has 0 aliphatic carbocycles. The van der Waals surface area contributed by atoms with Gasteiger partial charge in [-0.2, -0.15) is 0 Å². The largest absolute Gasteiger partial charge is 0.507 e. The molecule has 8 heteroatoms. The first-order chi connectivity index (χ1) is 15.6. The molecule has 2 aliphatic rings. The summed E-state index contributed by atoms with van der Waals surface area (Å²) in [5.41, 5.74) is 1.68. The van der Waals surface area contributed by atoms with Crippen molar-refractivity contribution in [3.8, 4) is 22.9 Å². The fraction of sp³-hybridized carbons (Fsp3) is 0.480. The van der Waals surface area contributed by atoms with Crippen molar-refractivity contribution >= 4 is 16.9 Å². The van der Waals surface area contributed by atoms with Crippen molar-refractivity contribution < 1.29 is 19.1 Å². The lowest BCUT2D eigenvalue weighted by Gasteiger charge is -2.53. The Morgan fingerprint density at radius 3 is 2.52 bits per heavy atom. The average Bonchev–Trinajstić information content (AvgIpc) is 3.14. The minimum absolute atomic E-state index is 0.0437. The maximum absolute atomic E-state index is 12.2. The summed E-state index contributed by atoms with van der Waals surface area (Å²) in [4.78, 5) is 13.6. The number of ether oxygens (including phenoxy) is 1. The van der Waals surface area contributed by atoms with Gasteiger partial charge >= 0.3 is 0 Å². The SMILES string of the molecule is CN(C)C(=O)c1cc2cc(O)c(-c3ccc(O[C@H]4C[C@]5(C)CCC[C@](C)(C4)N5)nn3)cc2o1. The molecule has 4 heterocycles. The van der Waals surface area contributed by atoms with E-state index in [1.807, 2.05) is 0 Å². The van der Waals surface area contributed by atoms with Crippen LogP contribution in [0, 0.1) is 0 Å². The predicted octanol–water partition coefficient (Wildman–Crippen LogP) is 4.13. The quantitative estimate of drug-likeness (QED) is 0.616. The second-order valence-electron chi connectivity index (χ2n) is 10.2. The van der Waals surface area contributed by atoms with Gasteiger partial charge in [0.1, 0.15) is 17.4 Å². The Bertz CT molecular complexity index is 1190. The number of fused-ring (bicyclic) bond motifs is 3. The first-order valence-electron chi connectivity index (χ1n) is 11.4. The Kier molecular flexibility index (Phi) is 5.08. The molecule has 1 amide bonds. The van der Waals surface area contributed by atoms with Crippen molar-refractivity contribution in [2.75, 3.05) is 14.1 Å². The van der Waals surface area contributed by atoms with Gasteiger partial charge in [0.25, 0.3) is 5.91 Å². The van der Waals surface area contributed by atoms with Crippen LogP contribution in [0.3, 0.4) is 0 Å². The number of phenolic OH excluding ortho intramolecular Hbond substituents is 1. The van der Waals surface area contributed by atoms with E-state index in [9.17, 15) is 9.90 Å². The number of phenols is 1. The van der Waals surface area contributed by atoms with Gasteiger partial charge in [-0.3, -0.25) is 4.79 Å². The highest BCUT2D eigenvalue weighted by atomic mass is 16.5. The molecule has 5 rings (SSSR count). The minimum atomic E-state index is -0.238. The summed E-state index contributed by atoms with van der Waals surface area (Å²) in [5.74, 6) is 0.504. The summed E-state index contributed by atoms with van der Waals surface area (Å²) in [6.45, 7) is 4.56. The van der Waals surface area contributed by atoms with E-state index in [1.165, 1.54) is 11.3 Å². The Morgan fingerprint density at radius 2 is 1.88 bits per heavy atom. The fourth-order valence-corrected chi connectivity index (χ4v) is 5.49. The molecule has 0 spiro atoms. The number of aromatic hydroxyl groups is 1. The van der Waals surface area contributed by atoms with Crippen LogP contribution in [0.1, 0.15) is 56.5 Å². The molecule has 2 aliphatic heterocycles. The van der Waals surface area contributed by atoms with Crippen LogP contribution < -0.4 is 10.1 Å². The highest BCUT2D eigenvalue weighted by molar-refractivity contribution is 5.97. The summed E-state index contributed by atoms with van der Waals surface area (Å²) >= 11 is 0. The number of carbonyl (C=O) groups excluding carboxylic acids is 1. The van der Waals surface area contributed by atoms with Crippen molar-refractivity contribution in [1.82, 2.24) is 20.4 Å². The first kappa shape index (κ1) is 21.7. The number of hydrogen-bond donors (Lipinski definition) is 2. The van der Waals surface area contributed by atoms with Crippen molar-refractivity contribution in [3.05, 3.63) is 36.1 Å². The van der Waals surface area contributed by atoms with Crippen LogP contribution in [-0.4, -0.2) is 57.4 Å². The molecule has 2 N–H and O–H groups in total. The molecule has 3 aromatic rings. The number of aromatic nitrogens is 2. The predicted molar refractivity (Wildman–Crippen MR) is 124 cm³/mol. The third kappa shape index (κ3) is 4.15. The molecule has 174 valence electrons. The number of nitrogens with zero attached hydrogens (tertiary/aromatic N) is 3. The van der Waals surface area contributed by atoms with Crippen LogP contribution in [-0.2, 0) is 0 Å². The van der Waals surface area contributed by atoms with E-state index in [1.54, 1.807) is 44.4 Å². The molecular weight excluding hydrogens is 420 g/mol. The molecular formula is C25H30N4O4. The summed E-state index contributed by atoms with van der Waals surface area (Å²) in [6, 6.07) is 8.44. The third-order valence-corrected chi connectivity index (χ3v) is 6.87. The Hall–Kier alpha value is -3.13. The maximum atomic E-state index is 12.2. The summed E-state index contributed by atoms with van der Waals surface area (Å²) in [5, 5.41) is 23.6. The Morgan fingerprint density at radius 1 is 1.15 bits per heavy atom. The molecule has 3 atom stereocenters. The first-order valence-corrected chi connectivity index (χ1v) is 11.4. The molecule has 2 aromatic heterocycles. The summed E-state index contributed by atoms with van der Waals surface area (Å²) in [7, 11) is 3.32. The number of carbonyl (C=O) groups is 1. The zero-order valence-electron chi connectivity index (χ0n) is 19.5. The van der Waals surface area contributed by atoms with Crippen LogP contribution in [0.15, 0.2) is 34.7 Å². The second kappa shape index (κ2) is 7.73. The molecule has 0 unspecified atom stereocenters. The van der Waals surface area contributed by atoms with E-state index in [4.69, 9.17) is 9.15 Å². The van der Waals surface area contributed by atoms with Gasteiger partial charge in [0.15, 0.2) is 5.76 Å². The lowest BCUT2D eigenvalue weighted by atomic mass is 9.70. The molecule has 33 heavy (non-hydrogen) atoms. The number of amides is 1. The Balaban J connectivity index is 1.36. The second-order valence-corrected chi connectivity index (χ2v) is 10.2. The highest BCUT2D eigenvalue weighted by Gasteiger charge is 2.46. The lowest BCUT2D eigenvalue weighted by molar-refractivity contribution is 0.00726. The van der Waals surface area contributed by atoms with Crippen LogP contribution in [0.2, 0.25) is 0 Å². The zero-order chi connectivity index (χ0) is 23.4. The van der Waals surface area contributed by atoms with Gasteiger partial charge in [0.2, 0.25) is 5.88 Å². The van der Waals surface area contributed by atoms with E-state index in [0.29, 0.717) is 28.1 Å². The minimum Gasteiger partial charge on any atom is -0.507 e. The number of benzene rings is 1.